The van der Waals surface area contributed by atoms with E-state index in [0.717, 1.165) is 19.4 Å². The maximum Gasteiger partial charge on any atom is 0.407 e. The molecule has 0 aliphatic heterocycles. The number of benzene rings is 1. The fourth-order valence-corrected chi connectivity index (χ4v) is 1.58. The summed E-state index contributed by atoms with van der Waals surface area (Å²) in [6, 6.07) is 10.5. The topological polar surface area (TPSA) is 67.8 Å². The van der Waals surface area contributed by atoms with Gasteiger partial charge in [0.2, 0.25) is 0 Å². The lowest BCUT2D eigenvalue weighted by Gasteiger charge is -2.06. The number of hydrogen-bond donors (Lipinski definition) is 2. The largest absolute Gasteiger partial charge is 0.450 e. The molecule has 1 rings (SSSR count). The van der Waals surface area contributed by atoms with Crippen molar-refractivity contribution >= 4 is 6.09 Å². The van der Waals surface area contributed by atoms with Crippen molar-refractivity contribution < 1.29 is 19.4 Å². The van der Waals surface area contributed by atoms with E-state index in [1.807, 2.05) is 6.07 Å². The highest BCUT2D eigenvalue weighted by atomic mass is 16.5. The van der Waals surface area contributed by atoms with Gasteiger partial charge >= 0.3 is 6.09 Å². The van der Waals surface area contributed by atoms with Gasteiger partial charge in [0.1, 0.15) is 0 Å². The monoisotopic (exact) mass is 311 g/mol. The third-order valence-corrected chi connectivity index (χ3v) is 2.56. The lowest BCUT2D eigenvalue weighted by molar-refractivity contribution is 0.0772. The lowest BCUT2D eigenvalue weighted by Crippen LogP contribution is -2.26. The second-order valence-electron chi connectivity index (χ2n) is 4.88. The number of nitrogens with one attached hydrogen (secondary N) is 1. The maximum absolute atomic E-state index is 10.4. The first kappa shape index (κ1) is 20.4. The highest BCUT2D eigenvalue weighted by Crippen LogP contribution is 2.02. The van der Waals surface area contributed by atoms with E-state index in [9.17, 15) is 4.79 Å². The van der Waals surface area contributed by atoms with Crippen LogP contribution < -0.4 is 5.32 Å². The summed E-state index contributed by atoms with van der Waals surface area (Å²) in [6.07, 6.45) is 2.11. The van der Waals surface area contributed by atoms with Crippen LogP contribution in [0, 0.1) is 0 Å². The zero-order chi connectivity index (χ0) is 16.6. The molecule has 0 saturated heterocycles. The Morgan fingerprint density at radius 2 is 1.95 bits per heavy atom. The van der Waals surface area contributed by atoms with Gasteiger partial charge in [0.25, 0.3) is 0 Å². The second-order valence-corrected chi connectivity index (χ2v) is 4.88. The Morgan fingerprint density at radius 1 is 1.27 bits per heavy atom. The SMILES string of the molecule is CC(C)OCCCc1ccccc1.CCOC(=O)NCCO. The molecule has 0 heterocycles. The van der Waals surface area contributed by atoms with Gasteiger partial charge < -0.3 is 19.9 Å². The minimum absolute atomic E-state index is 0.0567. The molecule has 0 radical (unpaired) electrons. The number of hydrogen-bond acceptors (Lipinski definition) is 4. The van der Waals surface area contributed by atoms with Crippen molar-refractivity contribution in [1.29, 1.82) is 0 Å². The number of ether oxygens (including phenoxy) is 2. The molecule has 0 fully saturated rings. The van der Waals surface area contributed by atoms with Crippen LogP contribution in [0.15, 0.2) is 30.3 Å². The highest BCUT2D eigenvalue weighted by molar-refractivity contribution is 5.66. The van der Waals surface area contributed by atoms with Gasteiger partial charge in [0.15, 0.2) is 0 Å². The number of carbonyl (C=O) groups excluding carboxylic acids is 1. The summed E-state index contributed by atoms with van der Waals surface area (Å²) in [5.74, 6) is 0. The zero-order valence-corrected chi connectivity index (χ0v) is 13.9. The summed E-state index contributed by atoms with van der Waals surface area (Å²) in [5.41, 5.74) is 1.40. The maximum atomic E-state index is 10.4. The molecule has 5 heteroatoms. The molecule has 22 heavy (non-hydrogen) atoms. The van der Waals surface area contributed by atoms with Gasteiger partial charge in [-0.15, -0.1) is 0 Å². The Morgan fingerprint density at radius 3 is 2.50 bits per heavy atom. The number of amides is 1. The molecule has 0 aromatic heterocycles. The van der Waals surface area contributed by atoms with E-state index < -0.39 is 6.09 Å². The molecule has 1 aromatic carbocycles. The molecule has 0 aliphatic carbocycles. The van der Waals surface area contributed by atoms with Gasteiger partial charge in [-0.3, -0.25) is 0 Å². The van der Waals surface area contributed by atoms with Crippen LogP contribution in [-0.2, 0) is 15.9 Å². The van der Waals surface area contributed by atoms with Gasteiger partial charge in [-0.2, -0.15) is 0 Å². The van der Waals surface area contributed by atoms with Crippen molar-refractivity contribution in [2.45, 2.75) is 39.7 Å². The number of aliphatic hydroxyl groups is 1. The van der Waals surface area contributed by atoms with Crippen molar-refractivity contribution in [2.75, 3.05) is 26.4 Å². The molecule has 1 aromatic rings. The summed E-state index contributed by atoms with van der Waals surface area (Å²) in [7, 11) is 0. The van der Waals surface area contributed by atoms with Crippen LogP contribution in [0.4, 0.5) is 4.79 Å². The Balaban J connectivity index is 0.000000433. The van der Waals surface area contributed by atoms with Gasteiger partial charge in [-0.25, -0.2) is 4.79 Å². The molecule has 0 aliphatic rings. The Hall–Kier alpha value is -1.59. The van der Waals surface area contributed by atoms with E-state index in [1.54, 1.807) is 6.92 Å². The van der Waals surface area contributed by atoms with Gasteiger partial charge in [0, 0.05) is 13.2 Å². The molecule has 2 N–H and O–H groups in total. The number of aliphatic hydroxyl groups excluding tert-OH is 1. The Labute approximate surface area is 133 Å². The second kappa shape index (κ2) is 14.4. The average molecular weight is 311 g/mol. The van der Waals surface area contributed by atoms with E-state index >= 15 is 0 Å². The first-order valence-corrected chi connectivity index (χ1v) is 7.77. The molecular weight excluding hydrogens is 282 g/mol. The third-order valence-electron chi connectivity index (χ3n) is 2.56. The van der Waals surface area contributed by atoms with E-state index in [1.165, 1.54) is 5.56 Å². The smallest absolute Gasteiger partial charge is 0.407 e. The number of alkyl carbamates (subject to hydrolysis) is 1. The van der Waals surface area contributed by atoms with Crippen molar-refractivity contribution in [3.63, 3.8) is 0 Å². The first-order valence-electron chi connectivity index (χ1n) is 7.77. The van der Waals surface area contributed by atoms with Crippen LogP contribution >= 0.6 is 0 Å². The van der Waals surface area contributed by atoms with E-state index in [4.69, 9.17) is 9.84 Å². The van der Waals surface area contributed by atoms with E-state index in [0.29, 0.717) is 12.7 Å². The fourth-order valence-electron chi connectivity index (χ4n) is 1.58. The van der Waals surface area contributed by atoms with Crippen LogP contribution in [0.1, 0.15) is 32.8 Å². The number of rotatable bonds is 8. The van der Waals surface area contributed by atoms with Gasteiger partial charge in [0.05, 0.1) is 19.3 Å². The van der Waals surface area contributed by atoms with Crippen molar-refractivity contribution in [1.82, 2.24) is 5.32 Å². The van der Waals surface area contributed by atoms with Gasteiger partial charge in [-0.1, -0.05) is 30.3 Å². The Kier molecular flexibility index (Phi) is 13.3. The molecule has 0 spiro atoms. The van der Waals surface area contributed by atoms with Crippen LogP contribution in [0.3, 0.4) is 0 Å². The van der Waals surface area contributed by atoms with Crippen LogP contribution in [0.2, 0.25) is 0 Å². The van der Waals surface area contributed by atoms with Crippen molar-refractivity contribution in [3.05, 3.63) is 35.9 Å². The molecule has 0 saturated carbocycles. The predicted molar refractivity (Wildman–Crippen MR) is 88.0 cm³/mol. The molecule has 0 unspecified atom stereocenters. The average Bonchev–Trinajstić information content (AvgIpc) is 2.51. The molecule has 126 valence electrons. The zero-order valence-electron chi connectivity index (χ0n) is 13.9. The molecular formula is C17H29NO4. The molecule has 0 atom stereocenters. The molecule has 0 bridgehead atoms. The molecule has 1 amide bonds. The summed E-state index contributed by atoms with van der Waals surface area (Å²) in [6.45, 7) is 7.28. The summed E-state index contributed by atoms with van der Waals surface area (Å²) in [5, 5.41) is 10.5. The number of aryl methyl sites for hydroxylation is 1. The van der Waals surface area contributed by atoms with E-state index in [2.05, 4.69) is 48.2 Å². The summed E-state index contributed by atoms with van der Waals surface area (Å²) in [4.78, 5) is 10.4. The number of carbonyl (C=O) groups is 1. The lowest BCUT2D eigenvalue weighted by atomic mass is 10.1. The fraction of sp³-hybridized carbons (Fsp3) is 0.588. The Bertz CT molecular complexity index is 368. The van der Waals surface area contributed by atoms with Crippen LogP contribution in [0.25, 0.3) is 0 Å². The minimum atomic E-state index is -0.480. The van der Waals surface area contributed by atoms with Crippen LogP contribution in [0.5, 0.6) is 0 Å². The minimum Gasteiger partial charge on any atom is -0.450 e. The quantitative estimate of drug-likeness (QED) is 0.724. The van der Waals surface area contributed by atoms with Crippen molar-refractivity contribution in [2.24, 2.45) is 0 Å². The normalized spacial score (nSPS) is 9.86. The highest BCUT2D eigenvalue weighted by Gasteiger charge is 1.95. The van der Waals surface area contributed by atoms with Crippen LogP contribution in [-0.4, -0.2) is 43.7 Å². The van der Waals surface area contributed by atoms with E-state index in [-0.39, 0.29) is 13.2 Å². The summed E-state index contributed by atoms with van der Waals surface area (Å²) < 4.78 is 9.95. The molecule has 5 nitrogen and oxygen atoms in total. The third kappa shape index (κ3) is 13.4. The standard InChI is InChI=1S/C12H18O.C5H11NO3/c1-11(2)13-10-6-9-12-7-4-3-5-8-12;1-2-9-5(8)6-3-4-7/h3-5,7-8,11H,6,9-10H2,1-2H3;7H,2-4H2,1H3,(H,6,8). The van der Waals surface area contributed by atoms with Gasteiger partial charge in [-0.05, 0) is 39.2 Å². The summed E-state index contributed by atoms with van der Waals surface area (Å²) >= 11 is 0. The predicted octanol–water partition coefficient (Wildman–Crippen LogP) is 2.77. The first-order chi connectivity index (χ1) is 10.6. The van der Waals surface area contributed by atoms with Crippen molar-refractivity contribution in [3.8, 4) is 0 Å².